The minimum atomic E-state index is -4.46. The fourth-order valence-electron chi connectivity index (χ4n) is 2.43. The number of hydrazone groups is 1. The summed E-state index contributed by atoms with van der Waals surface area (Å²) >= 11 is 5.93. The van der Waals surface area contributed by atoms with Crippen molar-refractivity contribution in [1.82, 2.24) is 5.43 Å². The number of nitrogens with one attached hydrogen (secondary N) is 1. The van der Waals surface area contributed by atoms with Crippen molar-refractivity contribution in [2.75, 3.05) is 4.90 Å². The molecule has 1 heterocycles. The summed E-state index contributed by atoms with van der Waals surface area (Å²) in [7, 11) is 0. The zero-order chi connectivity index (χ0) is 18.2. The molecule has 2 aromatic carbocycles. The van der Waals surface area contributed by atoms with Crippen molar-refractivity contribution in [2.24, 2.45) is 5.10 Å². The summed E-state index contributed by atoms with van der Waals surface area (Å²) < 4.78 is 38.2. The Morgan fingerprint density at radius 1 is 1.20 bits per heavy atom. The van der Waals surface area contributed by atoms with Gasteiger partial charge in [0, 0.05) is 10.7 Å². The van der Waals surface area contributed by atoms with Crippen LogP contribution in [0.4, 0.5) is 18.9 Å². The van der Waals surface area contributed by atoms with Gasteiger partial charge in [-0.05, 0) is 42.5 Å². The Labute approximate surface area is 145 Å². The van der Waals surface area contributed by atoms with E-state index in [4.69, 9.17) is 11.6 Å². The molecule has 3 rings (SSSR count). The van der Waals surface area contributed by atoms with Crippen LogP contribution in [0.25, 0.3) is 0 Å². The van der Waals surface area contributed by atoms with Gasteiger partial charge in [0.15, 0.2) is 18.3 Å². The maximum absolute atomic E-state index is 12.7. The van der Waals surface area contributed by atoms with Crippen LogP contribution in [0.1, 0.15) is 11.1 Å². The van der Waals surface area contributed by atoms with Crippen molar-refractivity contribution < 1.29 is 23.1 Å². The summed E-state index contributed by atoms with van der Waals surface area (Å²) in [5.74, 6) is 0.0327. The van der Waals surface area contributed by atoms with Crippen LogP contribution in [-0.4, -0.2) is 23.4 Å². The van der Waals surface area contributed by atoms with E-state index in [1.165, 1.54) is 35.2 Å². The molecule has 1 aliphatic rings. The van der Waals surface area contributed by atoms with Crippen LogP contribution < -0.4 is 10.3 Å². The van der Waals surface area contributed by atoms with Gasteiger partial charge >= 0.3 is 6.18 Å². The molecule has 0 aliphatic carbocycles. The highest BCUT2D eigenvalue weighted by Gasteiger charge is 2.33. The summed E-state index contributed by atoms with van der Waals surface area (Å²) in [4.78, 5) is 12.7. The minimum absolute atomic E-state index is 0.131. The second-order valence-corrected chi connectivity index (χ2v) is 5.66. The normalized spacial score (nSPS) is 17.2. The average Bonchev–Trinajstić information content (AvgIpc) is 3.00. The lowest BCUT2D eigenvalue weighted by atomic mass is 10.1. The van der Waals surface area contributed by atoms with Crippen molar-refractivity contribution in [1.29, 1.82) is 0 Å². The molecule has 25 heavy (non-hydrogen) atoms. The molecule has 2 aromatic rings. The largest absolute Gasteiger partial charge is 0.507 e. The number of anilines is 1. The van der Waals surface area contributed by atoms with Crippen molar-refractivity contribution in [2.45, 2.75) is 12.3 Å². The molecule has 0 fully saturated rings. The number of alkyl halides is 3. The first-order valence-corrected chi connectivity index (χ1v) is 7.43. The number of aldehydes is 1. The maximum atomic E-state index is 12.7. The lowest BCUT2D eigenvalue weighted by Gasteiger charge is -2.24. The van der Waals surface area contributed by atoms with Crippen molar-refractivity contribution >= 4 is 29.4 Å². The van der Waals surface area contributed by atoms with E-state index in [9.17, 15) is 23.1 Å². The van der Waals surface area contributed by atoms with Crippen LogP contribution in [0, 0.1) is 0 Å². The molecule has 1 unspecified atom stereocenters. The standard InChI is InChI=1S/C16H11ClF3N3O2/c17-10-3-6-13(25)12(7-10)15-22-21-14(8-24)23(15)11-4-1-9(2-5-11)16(18,19)20/h1-8,14,21,25H. The molecule has 5 nitrogen and oxygen atoms in total. The van der Waals surface area contributed by atoms with Crippen LogP contribution in [0.2, 0.25) is 5.02 Å². The first-order chi connectivity index (χ1) is 11.8. The summed E-state index contributed by atoms with van der Waals surface area (Å²) in [5.41, 5.74) is 2.29. The number of rotatable bonds is 3. The van der Waals surface area contributed by atoms with Gasteiger partial charge in [0.1, 0.15) is 5.75 Å². The quantitative estimate of drug-likeness (QED) is 0.814. The molecule has 0 aromatic heterocycles. The van der Waals surface area contributed by atoms with Crippen molar-refractivity contribution in [3.63, 3.8) is 0 Å². The number of phenolic OH excluding ortho intramolecular Hbond substituents is 1. The Bertz CT molecular complexity index is 838. The summed E-state index contributed by atoms with van der Waals surface area (Å²) in [6.07, 6.45) is -4.84. The molecular weight excluding hydrogens is 359 g/mol. The third kappa shape index (κ3) is 3.25. The van der Waals surface area contributed by atoms with Gasteiger partial charge in [-0.15, -0.1) is 0 Å². The summed E-state index contributed by atoms with van der Waals surface area (Å²) in [6.45, 7) is 0. The van der Waals surface area contributed by atoms with Gasteiger partial charge in [0.25, 0.3) is 0 Å². The highest BCUT2D eigenvalue weighted by molar-refractivity contribution is 6.31. The molecule has 9 heteroatoms. The van der Waals surface area contributed by atoms with Crippen LogP contribution in [0.5, 0.6) is 5.75 Å². The minimum Gasteiger partial charge on any atom is -0.507 e. The average molecular weight is 370 g/mol. The molecule has 130 valence electrons. The third-order valence-corrected chi connectivity index (χ3v) is 3.85. The number of nitrogens with zero attached hydrogens (tertiary/aromatic N) is 2. The number of aromatic hydroxyl groups is 1. The summed E-state index contributed by atoms with van der Waals surface area (Å²) in [6, 6.07) is 8.55. The lowest BCUT2D eigenvalue weighted by molar-refractivity contribution is -0.137. The molecule has 0 spiro atoms. The fourth-order valence-corrected chi connectivity index (χ4v) is 2.61. The van der Waals surface area contributed by atoms with E-state index in [0.29, 0.717) is 17.0 Å². The Hall–Kier alpha value is -2.74. The Morgan fingerprint density at radius 3 is 2.48 bits per heavy atom. The van der Waals surface area contributed by atoms with E-state index >= 15 is 0 Å². The zero-order valence-electron chi connectivity index (χ0n) is 12.5. The predicted octanol–water partition coefficient (Wildman–Crippen LogP) is 3.36. The number of hydrogen-bond acceptors (Lipinski definition) is 5. The van der Waals surface area contributed by atoms with E-state index in [-0.39, 0.29) is 17.1 Å². The monoisotopic (exact) mass is 369 g/mol. The first kappa shape index (κ1) is 17.1. The molecule has 0 saturated heterocycles. The molecule has 2 N–H and O–H groups in total. The van der Waals surface area contributed by atoms with Gasteiger partial charge in [-0.25, -0.2) is 0 Å². The maximum Gasteiger partial charge on any atom is 0.416 e. The second-order valence-electron chi connectivity index (χ2n) is 5.22. The van der Waals surface area contributed by atoms with Gasteiger partial charge < -0.3 is 5.11 Å². The number of phenols is 1. The van der Waals surface area contributed by atoms with Gasteiger partial charge in [0.05, 0.1) is 11.1 Å². The molecule has 0 saturated carbocycles. The van der Waals surface area contributed by atoms with Gasteiger partial charge in [-0.1, -0.05) is 11.6 Å². The number of amidine groups is 1. The fraction of sp³-hybridized carbons (Fsp3) is 0.125. The molecule has 1 aliphatic heterocycles. The third-order valence-electron chi connectivity index (χ3n) is 3.61. The highest BCUT2D eigenvalue weighted by Crippen LogP contribution is 2.33. The number of carbonyl (C=O) groups excluding carboxylic acids is 1. The van der Waals surface area contributed by atoms with E-state index in [1.807, 2.05) is 0 Å². The summed E-state index contributed by atoms with van der Waals surface area (Å²) in [5, 5.41) is 14.4. The van der Waals surface area contributed by atoms with Crippen LogP contribution in [0.3, 0.4) is 0 Å². The van der Waals surface area contributed by atoms with Crippen molar-refractivity contribution in [3.05, 3.63) is 58.6 Å². The predicted molar refractivity (Wildman–Crippen MR) is 86.6 cm³/mol. The molecule has 0 amide bonds. The Morgan fingerprint density at radius 2 is 1.88 bits per heavy atom. The van der Waals surface area contributed by atoms with E-state index in [0.717, 1.165) is 12.1 Å². The van der Waals surface area contributed by atoms with Crippen molar-refractivity contribution in [3.8, 4) is 5.75 Å². The van der Waals surface area contributed by atoms with Crippen LogP contribution in [0.15, 0.2) is 47.6 Å². The van der Waals surface area contributed by atoms with Gasteiger partial charge in [-0.2, -0.15) is 18.3 Å². The first-order valence-electron chi connectivity index (χ1n) is 7.05. The van der Waals surface area contributed by atoms with Gasteiger partial charge in [0.2, 0.25) is 0 Å². The van der Waals surface area contributed by atoms with E-state index in [2.05, 4.69) is 10.5 Å². The molecule has 0 radical (unpaired) electrons. The van der Waals surface area contributed by atoms with Gasteiger partial charge in [-0.3, -0.25) is 15.1 Å². The van der Waals surface area contributed by atoms with E-state index < -0.39 is 17.9 Å². The number of halogens is 4. The molecular formula is C16H11ClF3N3O2. The number of carbonyl (C=O) groups is 1. The number of hydrogen-bond donors (Lipinski definition) is 2. The lowest BCUT2D eigenvalue weighted by Crippen LogP contribution is -2.41. The smallest absolute Gasteiger partial charge is 0.416 e. The Balaban J connectivity index is 2.03. The highest BCUT2D eigenvalue weighted by atomic mass is 35.5. The topological polar surface area (TPSA) is 64.9 Å². The second kappa shape index (κ2) is 6.29. The molecule has 1 atom stereocenters. The Kier molecular flexibility index (Phi) is 4.30. The SMILES string of the molecule is O=CC1NN=C(c2cc(Cl)ccc2O)N1c1ccc(C(F)(F)F)cc1. The number of benzene rings is 2. The zero-order valence-corrected chi connectivity index (χ0v) is 13.2. The van der Waals surface area contributed by atoms with Crippen LogP contribution >= 0.6 is 11.6 Å². The van der Waals surface area contributed by atoms with Crippen LogP contribution in [-0.2, 0) is 11.0 Å². The molecule has 0 bridgehead atoms. The van der Waals surface area contributed by atoms with E-state index in [1.54, 1.807) is 0 Å².